The van der Waals surface area contributed by atoms with Gasteiger partial charge in [-0.25, -0.2) is 0 Å². The highest BCUT2D eigenvalue weighted by Crippen LogP contribution is 2.38. The zero-order chi connectivity index (χ0) is 21.7. The Kier molecular flexibility index (Phi) is 4.97. The van der Waals surface area contributed by atoms with E-state index in [1.54, 1.807) is 4.57 Å². The minimum Gasteiger partial charge on any atom is -0.345 e. The van der Waals surface area contributed by atoms with Gasteiger partial charge in [0.15, 0.2) is 10.9 Å². The highest BCUT2D eigenvalue weighted by atomic mass is 32.2. The summed E-state index contributed by atoms with van der Waals surface area (Å²) in [7, 11) is 0. The Hall–Kier alpha value is -2.87. The molecular formula is C23H25N5O2S. The summed E-state index contributed by atoms with van der Waals surface area (Å²) in [5.41, 5.74) is 3.70. The Labute approximate surface area is 184 Å². The molecule has 0 amide bonds. The van der Waals surface area contributed by atoms with Crippen LogP contribution < -0.4 is 5.56 Å². The molecule has 0 bridgehead atoms. The lowest BCUT2D eigenvalue weighted by atomic mass is 10.2. The Morgan fingerprint density at radius 3 is 2.71 bits per heavy atom. The number of thioether (sulfide) groups is 1. The SMILES string of the molecule is CCCn1c(=O)c2ccccc2n2c(SCC(=O)c3cc(C)n(C4CC4)c3C)nnc12. The van der Waals surface area contributed by atoms with Crippen LogP contribution in [0.25, 0.3) is 16.7 Å². The standard InChI is InChI=1S/C23H25N5O2S/c1-4-11-26-21(30)17-7-5-6-8-19(17)28-22(26)24-25-23(28)31-13-20(29)18-12-14(2)27(15(18)3)16-9-10-16/h5-8,12,16H,4,9-11,13H2,1-3H3. The number of Topliss-reactive ketones (excluding diaryl/α,β-unsaturated/α-hetero) is 1. The van der Waals surface area contributed by atoms with Crippen molar-refractivity contribution in [1.29, 1.82) is 0 Å². The molecule has 0 saturated heterocycles. The molecule has 0 N–H and O–H groups in total. The van der Waals surface area contributed by atoms with E-state index in [9.17, 15) is 9.59 Å². The van der Waals surface area contributed by atoms with Crippen molar-refractivity contribution in [2.45, 2.75) is 57.8 Å². The van der Waals surface area contributed by atoms with Gasteiger partial charge in [-0.2, -0.15) is 0 Å². The molecule has 4 aromatic rings. The van der Waals surface area contributed by atoms with E-state index >= 15 is 0 Å². The smallest absolute Gasteiger partial charge is 0.262 e. The van der Waals surface area contributed by atoms with E-state index in [2.05, 4.69) is 21.7 Å². The van der Waals surface area contributed by atoms with Crippen LogP contribution in [0.1, 0.15) is 54.0 Å². The lowest BCUT2D eigenvalue weighted by molar-refractivity contribution is 0.102. The molecule has 160 valence electrons. The van der Waals surface area contributed by atoms with Crippen molar-refractivity contribution in [2.24, 2.45) is 0 Å². The average molecular weight is 436 g/mol. The number of hydrogen-bond acceptors (Lipinski definition) is 5. The zero-order valence-electron chi connectivity index (χ0n) is 18.0. The molecule has 31 heavy (non-hydrogen) atoms. The second-order valence-corrected chi connectivity index (χ2v) is 9.13. The minimum atomic E-state index is -0.0579. The molecule has 1 fully saturated rings. The maximum atomic E-state index is 13.0. The fourth-order valence-electron chi connectivity index (χ4n) is 4.41. The van der Waals surface area contributed by atoms with E-state index < -0.39 is 0 Å². The van der Waals surface area contributed by atoms with Gasteiger partial charge in [-0.05, 0) is 51.3 Å². The number of fused-ring (bicyclic) bond motifs is 3. The minimum absolute atomic E-state index is 0.0579. The summed E-state index contributed by atoms with van der Waals surface area (Å²) in [5.74, 6) is 0.886. The number of carbonyl (C=O) groups excluding carboxylic acids is 1. The number of benzene rings is 1. The molecule has 1 saturated carbocycles. The predicted octanol–water partition coefficient (Wildman–Crippen LogP) is 4.18. The monoisotopic (exact) mass is 435 g/mol. The summed E-state index contributed by atoms with van der Waals surface area (Å²) in [6.45, 7) is 6.70. The highest BCUT2D eigenvalue weighted by Gasteiger charge is 2.28. The van der Waals surface area contributed by atoms with Gasteiger partial charge in [0, 0.05) is 29.5 Å². The van der Waals surface area contributed by atoms with Gasteiger partial charge in [0.05, 0.1) is 16.7 Å². The van der Waals surface area contributed by atoms with Crippen LogP contribution in [0, 0.1) is 13.8 Å². The van der Waals surface area contributed by atoms with Crippen LogP contribution in [0.2, 0.25) is 0 Å². The molecule has 0 aliphatic heterocycles. The first-order valence-corrected chi connectivity index (χ1v) is 11.7. The summed E-state index contributed by atoms with van der Waals surface area (Å²) >= 11 is 1.37. The van der Waals surface area contributed by atoms with E-state index in [1.165, 1.54) is 24.6 Å². The first-order valence-electron chi connectivity index (χ1n) is 10.7. The van der Waals surface area contributed by atoms with E-state index in [0.29, 0.717) is 28.9 Å². The van der Waals surface area contributed by atoms with Gasteiger partial charge in [0.25, 0.3) is 5.56 Å². The van der Waals surface area contributed by atoms with Gasteiger partial charge in [-0.3, -0.25) is 18.6 Å². The van der Waals surface area contributed by atoms with Crippen molar-refractivity contribution in [1.82, 2.24) is 23.7 Å². The lowest BCUT2D eigenvalue weighted by Gasteiger charge is -2.10. The van der Waals surface area contributed by atoms with Crippen molar-refractivity contribution in [3.05, 3.63) is 57.6 Å². The molecule has 1 aliphatic carbocycles. The van der Waals surface area contributed by atoms with Crippen LogP contribution in [0.4, 0.5) is 0 Å². The van der Waals surface area contributed by atoms with Crippen LogP contribution in [0.5, 0.6) is 0 Å². The normalized spacial score (nSPS) is 14.0. The molecule has 0 radical (unpaired) electrons. The van der Waals surface area contributed by atoms with Crippen LogP contribution in [-0.2, 0) is 6.54 Å². The quantitative estimate of drug-likeness (QED) is 0.322. The topological polar surface area (TPSA) is 74.2 Å². The first kappa shape index (κ1) is 20.1. The Morgan fingerprint density at radius 2 is 1.97 bits per heavy atom. The Balaban J connectivity index is 1.51. The van der Waals surface area contributed by atoms with Crippen molar-refractivity contribution in [2.75, 3.05) is 5.75 Å². The fraction of sp³-hybridized carbons (Fsp3) is 0.391. The number of aromatic nitrogens is 5. The molecule has 3 aromatic heterocycles. The molecular weight excluding hydrogens is 410 g/mol. The number of ketones is 1. The summed E-state index contributed by atoms with van der Waals surface area (Å²) in [6.07, 6.45) is 3.20. The van der Waals surface area contributed by atoms with Crippen molar-refractivity contribution in [3.63, 3.8) is 0 Å². The Bertz CT molecular complexity index is 1380. The molecule has 1 aromatic carbocycles. The third-order valence-corrected chi connectivity index (χ3v) is 6.88. The van der Waals surface area contributed by atoms with E-state index in [-0.39, 0.29) is 17.1 Å². The second-order valence-electron chi connectivity index (χ2n) is 8.19. The highest BCUT2D eigenvalue weighted by molar-refractivity contribution is 7.99. The number of aryl methyl sites for hydroxylation is 2. The predicted molar refractivity (Wildman–Crippen MR) is 122 cm³/mol. The van der Waals surface area contributed by atoms with E-state index in [1.807, 2.05) is 48.6 Å². The second kappa shape index (κ2) is 7.67. The number of rotatable bonds is 7. The van der Waals surface area contributed by atoms with Gasteiger partial charge < -0.3 is 4.57 Å². The third kappa shape index (κ3) is 3.29. The third-order valence-electron chi connectivity index (χ3n) is 5.95. The maximum Gasteiger partial charge on any atom is 0.262 e. The number of hydrogen-bond donors (Lipinski definition) is 0. The maximum absolute atomic E-state index is 13.0. The molecule has 7 nitrogen and oxygen atoms in total. The number of carbonyl (C=O) groups is 1. The van der Waals surface area contributed by atoms with Gasteiger partial charge in [-0.1, -0.05) is 30.8 Å². The van der Waals surface area contributed by atoms with Crippen LogP contribution in [0.15, 0.2) is 40.3 Å². The largest absolute Gasteiger partial charge is 0.345 e. The fourth-order valence-corrected chi connectivity index (χ4v) is 5.24. The number of nitrogens with zero attached hydrogens (tertiary/aromatic N) is 5. The molecule has 3 heterocycles. The first-order chi connectivity index (χ1) is 15.0. The van der Waals surface area contributed by atoms with Gasteiger partial charge in [0.1, 0.15) is 0 Å². The van der Waals surface area contributed by atoms with Crippen LogP contribution >= 0.6 is 11.8 Å². The number of para-hydroxylation sites is 1. The van der Waals surface area contributed by atoms with E-state index in [4.69, 9.17) is 0 Å². The van der Waals surface area contributed by atoms with Crippen molar-refractivity contribution in [3.8, 4) is 0 Å². The molecule has 0 atom stereocenters. The van der Waals surface area contributed by atoms with Crippen molar-refractivity contribution >= 4 is 34.2 Å². The zero-order valence-corrected chi connectivity index (χ0v) is 18.8. The average Bonchev–Trinajstić information content (AvgIpc) is 3.43. The van der Waals surface area contributed by atoms with Gasteiger partial charge in [-0.15, -0.1) is 10.2 Å². The van der Waals surface area contributed by atoms with Crippen molar-refractivity contribution < 1.29 is 4.79 Å². The van der Waals surface area contributed by atoms with Crippen LogP contribution in [0.3, 0.4) is 0 Å². The summed E-state index contributed by atoms with van der Waals surface area (Å²) in [4.78, 5) is 26.0. The molecule has 8 heteroatoms. The molecule has 0 spiro atoms. The van der Waals surface area contributed by atoms with Crippen LogP contribution in [-0.4, -0.2) is 35.3 Å². The molecule has 0 unspecified atom stereocenters. The van der Waals surface area contributed by atoms with E-state index in [0.717, 1.165) is 28.9 Å². The summed E-state index contributed by atoms with van der Waals surface area (Å²) in [5, 5.41) is 9.90. The Morgan fingerprint density at radius 1 is 1.19 bits per heavy atom. The lowest BCUT2D eigenvalue weighted by Crippen LogP contribution is -2.23. The van der Waals surface area contributed by atoms with Gasteiger partial charge >= 0.3 is 0 Å². The molecule has 1 aliphatic rings. The molecule has 5 rings (SSSR count). The summed E-state index contributed by atoms with van der Waals surface area (Å²) in [6, 6.07) is 10.1. The van der Waals surface area contributed by atoms with Gasteiger partial charge in [0.2, 0.25) is 5.78 Å². The summed E-state index contributed by atoms with van der Waals surface area (Å²) < 4.78 is 5.86.